The minimum Gasteiger partial charge on any atom is -0.507 e. The maximum Gasteiger partial charge on any atom is 0.275 e. The lowest BCUT2D eigenvalue weighted by atomic mass is 10.2. The predicted molar refractivity (Wildman–Crippen MR) is 97.1 cm³/mol. The van der Waals surface area contributed by atoms with Gasteiger partial charge in [-0.2, -0.15) is 5.10 Å². The molecule has 3 N–H and O–H groups in total. The van der Waals surface area contributed by atoms with Crippen LogP contribution in [0.15, 0.2) is 35.4 Å². The first kappa shape index (κ1) is 17.9. The molecule has 0 aliphatic heterocycles. The van der Waals surface area contributed by atoms with Crippen LogP contribution >= 0.6 is 22.6 Å². The van der Waals surface area contributed by atoms with Gasteiger partial charge in [0.2, 0.25) is 0 Å². The first-order chi connectivity index (χ1) is 11.5. The van der Waals surface area contributed by atoms with E-state index in [-0.39, 0.29) is 17.1 Å². The Morgan fingerprint density at radius 1 is 1.21 bits per heavy atom. The maximum absolute atomic E-state index is 12.0. The Hall–Kier alpha value is -2.49. The summed E-state index contributed by atoms with van der Waals surface area (Å²) in [5.74, 6) is 0.0259. The smallest absolute Gasteiger partial charge is 0.275 e. The number of methoxy groups -OCH3 is 2. The van der Waals surface area contributed by atoms with Gasteiger partial charge in [0.05, 0.1) is 29.6 Å². The fourth-order valence-corrected chi connectivity index (χ4v) is 2.51. The van der Waals surface area contributed by atoms with E-state index in [1.807, 2.05) is 22.6 Å². The van der Waals surface area contributed by atoms with Crippen molar-refractivity contribution in [1.82, 2.24) is 5.43 Å². The molecule has 0 bridgehead atoms. The summed E-state index contributed by atoms with van der Waals surface area (Å²) in [4.78, 5) is 12.0. The molecule has 0 spiro atoms. The van der Waals surface area contributed by atoms with Crippen LogP contribution in [-0.4, -0.2) is 36.6 Å². The minimum atomic E-state index is -0.563. The molecular weight excluding hydrogens is 427 g/mol. The predicted octanol–water partition coefficient (Wildman–Crippen LogP) is 2.48. The summed E-state index contributed by atoms with van der Waals surface area (Å²) in [6, 6.07) is 7.60. The molecule has 0 aliphatic carbocycles. The quantitative estimate of drug-likeness (QED) is 0.376. The lowest BCUT2D eigenvalue weighted by Crippen LogP contribution is -2.17. The molecule has 8 heteroatoms. The van der Waals surface area contributed by atoms with E-state index < -0.39 is 5.91 Å². The number of benzene rings is 2. The van der Waals surface area contributed by atoms with Crippen molar-refractivity contribution >= 4 is 34.7 Å². The Bertz CT molecular complexity index is 792. The lowest BCUT2D eigenvalue weighted by molar-refractivity contribution is 0.0952. The first-order valence-electron chi connectivity index (χ1n) is 6.73. The van der Waals surface area contributed by atoms with Crippen molar-refractivity contribution in [3.63, 3.8) is 0 Å². The summed E-state index contributed by atoms with van der Waals surface area (Å²) in [5, 5.41) is 23.4. The molecule has 0 atom stereocenters. The second-order valence-corrected chi connectivity index (χ2v) is 5.80. The number of rotatable bonds is 5. The van der Waals surface area contributed by atoms with Crippen LogP contribution in [0.5, 0.6) is 23.0 Å². The Kier molecular flexibility index (Phi) is 5.85. The molecule has 0 aliphatic rings. The highest BCUT2D eigenvalue weighted by atomic mass is 127. The zero-order chi connectivity index (χ0) is 17.7. The normalized spacial score (nSPS) is 10.6. The largest absolute Gasteiger partial charge is 0.507 e. The number of hydrazone groups is 1. The molecule has 7 nitrogen and oxygen atoms in total. The number of hydrogen-bond donors (Lipinski definition) is 3. The number of carbonyl (C=O) groups is 1. The van der Waals surface area contributed by atoms with Gasteiger partial charge < -0.3 is 19.7 Å². The van der Waals surface area contributed by atoms with Gasteiger partial charge in [-0.15, -0.1) is 0 Å². The highest BCUT2D eigenvalue weighted by molar-refractivity contribution is 14.1. The number of phenolic OH excluding ortho intramolecular Hbond substituents is 2. The maximum atomic E-state index is 12.0. The molecule has 0 aromatic heterocycles. The Morgan fingerprint density at radius 3 is 2.58 bits per heavy atom. The Balaban J connectivity index is 2.11. The second-order valence-electron chi connectivity index (χ2n) is 4.64. The fraction of sp³-hybridized carbons (Fsp3) is 0.125. The molecular formula is C16H15IN2O5. The van der Waals surface area contributed by atoms with Crippen LogP contribution < -0.4 is 14.9 Å². The van der Waals surface area contributed by atoms with E-state index in [1.54, 1.807) is 18.2 Å². The molecule has 0 unspecified atom stereocenters. The lowest BCUT2D eigenvalue weighted by Gasteiger charge is -2.07. The molecule has 1 amide bonds. The van der Waals surface area contributed by atoms with Gasteiger partial charge in [0, 0.05) is 6.07 Å². The number of amides is 1. The summed E-state index contributed by atoms with van der Waals surface area (Å²) in [6.45, 7) is 0. The van der Waals surface area contributed by atoms with Crippen molar-refractivity contribution < 1.29 is 24.5 Å². The van der Waals surface area contributed by atoms with Gasteiger partial charge in [0.25, 0.3) is 5.91 Å². The highest BCUT2D eigenvalue weighted by Crippen LogP contribution is 2.31. The summed E-state index contributed by atoms with van der Waals surface area (Å²) in [5.41, 5.74) is 3.03. The summed E-state index contributed by atoms with van der Waals surface area (Å²) in [7, 11) is 2.91. The zero-order valence-corrected chi connectivity index (χ0v) is 15.1. The molecule has 0 saturated carbocycles. The minimum absolute atomic E-state index is 0.0439. The van der Waals surface area contributed by atoms with Gasteiger partial charge in [-0.05, 0) is 52.4 Å². The number of halogens is 1. The molecule has 2 rings (SSSR count). The molecule has 2 aromatic carbocycles. The molecule has 0 heterocycles. The molecule has 24 heavy (non-hydrogen) atoms. The van der Waals surface area contributed by atoms with Gasteiger partial charge in [-0.3, -0.25) is 4.79 Å². The van der Waals surface area contributed by atoms with E-state index in [0.717, 1.165) is 0 Å². The van der Waals surface area contributed by atoms with Crippen LogP contribution in [0.2, 0.25) is 0 Å². The average molecular weight is 442 g/mol. The third kappa shape index (κ3) is 4.07. The van der Waals surface area contributed by atoms with Crippen molar-refractivity contribution in [2.75, 3.05) is 14.2 Å². The van der Waals surface area contributed by atoms with Crippen LogP contribution in [0.25, 0.3) is 0 Å². The summed E-state index contributed by atoms with van der Waals surface area (Å²) < 4.78 is 10.6. The Morgan fingerprint density at radius 2 is 1.96 bits per heavy atom. The van der Waals surface area contributed by atoms with Crippen molar-refractivity contribution in [1.29, 1.82) is 0 Å². The van der Waals surface area contributed by atoms with Crippen LogP contribution in [0.1, 0.15) is 15.9 Å². The van der Waals surface area contributed by atoms with E-state index in [0.29, 0.717) is 20.6 Å². The SMILES string of the molecule is COc1ccc(C(=O)N/N=C\c2cc(I)c(O)c(OC)c2)c(O)c1. The summed E-state index contributed by atoms with van der Waals surface area (Å²) in [6.07, 6.45) is 1.41. The van der Waals surface area contributed by atoms with Crippen molar-refractivity contribution in [2.45, 2.75) is 0 Å². The van der Waals surface area contributed by atoms with Crippen LogP contribution in [-0.2, 0) is 0 Å². The molecule has 126 valence electrons. The number of carbonyl (C=O) groups excluding carboxylic acids is 1. The van der Waals surface area contributed by atoms with Crippen molar-refractivity contribution in [3.8, 4) is 23.0 Å². The number of aromatic hydroxyl groups is 2. The fourth-order valence-electron chi connectivity index (χ4n) is 1.88. The second kappa shape index (κ2) is 7.86. The standard InChI is InChI=1S/C16H15IN2O5/c1-23-10-3-4-11(13(20)7-10)16(22)19-18-8-9-5-12(17)15(21)14(6-9)24-2/h3-8,20-21H,1-2H3,(H,19,22)/b18-8-. The number of nitrogens with one attached hydrogen (secondary N) is 1. The summed E-state index contributed by atoms with van der Waals surface area (Å²) >= 11 is 1.96. The average Bonchev–Trinajstić information content (AvgIpc) is 2.57. The molecule has 0 fully saturated rings. The number of phenols is 2. The van der Waals surface area contributed by atoms with Gasteiger partial charge >= 0.3 is 0 Å². The number of hydrogen-bond acceptors (Lipinski definition) is 6. The van der Waals surface area contributed by atoms with E-state index in [9.17, 15) is 15.0 Å². The van der Waals surface area contributed by atoms with E-state index in [4.69, 9.17) is 9.47 Å². The first-order valence-corrected chi connectivity index (χ1v) is 7.81. The number of ether oxygens (including phenoxy) is 2. The topological polar surface area (TPSA) is 100 Å². The van der Waals surface area contributed by atoms with Gasteiger partial charge in [0.15, 0.2) is 11.5 Å². The van der Waals surface area contributed by atoms with E-state index in [2.05, 4.69) is 10.5 Å². The number of nitrogens with zero attached hydrogens (tertiary/aromatic N) is 1. The van der Waals surface area contributed by atoms with Crippen LogP contribution in [0.4, 0.5) is 0 Å². The van der Waals surface area contributed by atoms with Gasteiger partial charge in [-0.25, -0.2) is 5.43 Å². The van der Waals surface area contributed by atoms with Gasteiger partial charge in [-0.1, -0.05) is 0 Å². The van der Waals surface area contributed by atoms with Crippen molar-refractivity contribution in [2.24, 2.45) is 5.10 Å². The highest BCUT2D eigenvalue weighted by Gasteiger charge is 2.11. The van der Waals surface area contributed by atoms with E-state index >= 15 is 0 Å². The Labute approximate surface area is 152 Å². The van der Waals surface area contributed by atoms with Crippen molar-refractivity contribution in [3.05, 3.63) is 45.0 Å². The molecule has 0 radical (unpaired) electrons. The van der Waals surface area contributed by atoms with Crippen LogP contribution in [0, 0.1) is 3.57 Å². The van der Waals surface area contributed by atoms with Gasteiger partial charge in [0.1, 0.15) is 11.5 Å². The monoisotopic (exact) mass is 442 g/mol. The molecule has 0 saturated heterocycles. The third-order valence-corrected chi connectivity index (χ3v) is 3.92. The zero-order valence-electron chi connectivity index (χ0n) is 12.9. The molecule has 2 aromatic rings. The van der Waals surface area contributed by atoms with E-state index in [1.165, 1.54) is 32.6 Å². The van der Waals surface area contributed by atoms with Crippen LogP contribution in [0.3, 0.4) is 0 Å². The third-order valence-electron chi connectivity index (χ3n) is 3.10.